The number of aliphatic hydroxyl groups excluding tert-OH is 1. The molecule has 0 bridgehead atoms. The average Bonchev–Trinajstić information content (AvgIpc) is 2.97. The van der Waals surface area contributed by atoms with Crippen molar-refractivity contribution in [2.24, 2.45) is 0 Å². The zero-order chi connectivity index (χ0) is 16.1. The molecule has 0 aliphatic heterocycles. The lowest BCUT2D eigenvalue weighted by molar-refractivity contribution is 0.0988. The lowest BCUT2D eigenvalue weighted by Gasteiger charge is -1.97. The number of benzene rings is 2. The largest absolute Gasteiger partial charge is 0.507 e. The van der Waals surface area contributed by atoms with Gasteiger partial charge in [0.2, 0.25) is 0 Å². The third kappa shape index (κ3) is 1.75. The van der Waals surface area contributed by atoms with E-state index in [2.05, 4.69) is 0 Å². The molecule has 4 rings (SSSR count). The molecule has 0 spiro atoms. The molecule has 0 fully saturated rings. The number of hydrogen-bond donors (Lipinski definition) is 1. The van der Waals surface area contributed by atoms with Crippen molar-refractivity contribution >= 4 is 23.1 Å². The van der Waals surface area contributed by atoms with Crippen molar-refractivity contribution in [3.8, 4) is 0 Å². The molecule has 2 aliphatic carbocycles. The predicted molar refractivity (Wildman–Crippen MR) is 83.5 cm³/mol. The maximum absolute atomic E-state index is 12.4. The van der Waals surface area contributed by atoms with Crippen molar-refractivity contribution < 1.29 is 19.5 Å². The summed E-state index contributed by atoms with van der Waals surface area (Å²) in [6.07, 6.45) is 1.21. The molecule has 0 radical (unpaired) electrons. The molecule has 0 amide bonds. The average molecular weight is 302 g/mol. The smallest absolute Gasteiger partial charge is 0.197 e. The molecular formula is C19H10O4. The van der Waals surface area contributed by atoms with Crippen LogP contribution in [-0.2, 0) is 0 Å². The molecule has 4 heteroatoms. The van der Waals surface area contributed by atoms with E-state index in [1.807, 2.05) is 0 Å². The molecule has 1 N–H and O–H groups in total. The lowest BCUT2D eigenvalue weighted by Crippen LogP contribution is -2.04. The Labute approximate surface area is 131 Å². The van der Waals surface area contributed by atoms with Crippen LogP contribution in [0, 0.1) is 0 Å². The van der Waals surface area contributed by atoms with Crippen LogP contribution in [0.15, 0.2) is 65.8 Å². The minimum atomic E-state index is -0.422. The molecule has 0 saturated carbocycles. The van der Waals surface area contributed by atoms with Gasteiger partial charge in [0, 0.05) is 22.3 Å². The van der Waals surface area contributed by atoms with E-state index < -0.39 is 11.6 Å². The predicted octanol–water partition coefficient (Wildman–Crippen LogP) is 3.16. The number of carbonyl (C=O) groups excluding carboxylic acids is 3. The van der Waals surface area contributed by atoms with Crippen LogP contribution in [0.1, 0.15) is 36.6 Å². The van der Waals surface area contributed by atoms with Gasteiger partial charge in [-0.15, -0.1) is 0 Å². The summed E-state index contributed by atoms with van der Waals surface area (Å²) in [6, 6.07) is 13.2. The summed E-state index contributed by atoms with van der Waals surface area (Å²) in [5, 5.41) is 10.3. The summed E-state index contributed by atoms with van der Waals surface area (Å²) >= 11 is 0. The number of fused-ring (bicyclic) bond motifs is 2. The standard InChI is InChI=1S/C19H10O4/c20-16-10-5-1-2-6-11(10)17(21)14(16)9-15-18(22)12-7-3-4-8-13(12)19(15)23/h1-9,20H. The zero-order valence-corrected chi connectivity index (χ0v) is 11.9. The number of Topliss-reactive ketones (excluding diaryl/α,β-unsaturated/α-hetero) is 3. The quantitative estimate of drug-likeness (QED) is 0.649. The van der Waals surface area contributed by atoms with Gasteiger partial charge in [-0.1, -0.05) is 48.5 Å². The van der Waals surface area contributed by atoms with Gasteiger partial charge in [0.05, 0.1) is 11.1 Å². The highest BCUT2D eigenvalue weighted by Crippen LogP contribution is 2.34. The van der Waals surface area contributed by atoms with Crippen molar-refractivity contribution in [3.63, 3.8) is 0 Å². The summed E-state index contributed by atoms with van der Waals surface area (Å²) < 4.78 is 0. The first-order chi connectivity index (χ1) is 11.1. The van der Waals surface area contributed by atoms with E-state index >= 15 is 0 Å². The van der Waals surface area contributed by atoms with Gasteiger partial charge in [0.1, 0.15) is 5.76 Å². The Morgan fingerprint density at radius 2 is 1.09 bits per heavy atom. The second-order valence-corrected chi connectivity index (χ2v) is 5.40. The summed E-state index contributed by atoms with van der Waals surface area (Å²) in [5.41, 5.74) is 1.33. The Morgan fingerprint density at radius 1 is 0.652 bits per heavy atom. The SMILES string of the molecule is O=C1C(=CC2=C(O)c3ccccc3C2=O)C(=O)c2ccccc21. The van der Waals surface area contributed by atoms with Crippen LogP contribution < -0.4 is 0 Å². The first-order valence-electron chi connectivity index (χ1n) is 7.07. The van der Waals surface area contributed by atoms with E-state index in [9.17, 15) is 19.5 Å². The minimum absolute atomic E-state index is 0.0179. The van der Waals surface area contributed by atoms with Crippen molar-refractivity contribution in [3.05, 3.63) is 88.0 Å². The number of aliphatic hydroxyl groups is 1. The monoisotopic (exact) mass is 302 g/mol. The van der Waals surface area contributed by atoms with E-state index in [4.69, 9.17) is 0 Å². The van der Waals surface area contributed by atoms with Crippen LogP contribution in [-0.4, -0.2) is 22.5 Å². The van der Waals surface area contributed by atoms with Gasteiger partial charge in [0.25, 0.3) is 0 Å². The molecule has 0 heterocycles. The van der Waals surface area contributed by atoms with Crippen LogP contribution >= 0.6 is 0 Å². The van der Waals surface area contributed by atoms with Gasteiger partial charge in [-0.3, -0.25) is 14.4 Å². The maximum Gasteiger partial charge on any atom is 0.197 e. The van der Waals surface area contributed by atoms with Crippen LogP contribution in [0.2, 0.25) is 0 Å². The highest BCUT2D eigenvalue weighted by Gasteiger charge is 2.35. The Balaban J connectivity index is 1.85. The molecule has 0 unspecified atom stereocenters. The molecule has 4 nitrogen and oxygen atoms in total. The molecule has 2 aliphatic rings. The Bertz CT molecular complexity index is 939. The Hall–Kier alpha value is -3.27. The number of hydrogen-bond acceptors (Lipinski definition) is 4. The number of allylic oxidation sites excluding steroid dienone is 3. The van der Waals surface area contributed by atoms with E-state index in [0.717, 1.165) is 0 Å². The van der Waals surface area contributed by atoms with Crippen molar-refractivity contribution in [2.75, 3.05) is 0 Å². The summed E-state index contributed by atoms with van der Waals surface area (Å²) in [4.78, 5) is 37.1. The molecule has 2 aromatic carbocycles. The molecular weight excluding hydrogens is 292 g/mol. The summed E-state index contributed by atoms with van der Waals surface area (Å²) in [5.74, 6) is -1.43. The van der Waals surface area contributed by atoms with Gasteiger partial charge >= 0.3 is 0 Å². The van der Waals surface area contributed by atoms with Gasteiger partial charge in [-0.2, -0.15) is 0 Å². The topological polar surface area (TPSA) is 71.4 Å². The summed E-state index contributed by atoms with van der Waals surface area (Å²) in [6.45, 7) is 0. The van der Waals surface area contributed by atoms with E-state index in [-0.39, 0.29) is 22.7 Å². The first kappa shape index (κ1) is 13.4. The highest BCUT2D eigenvalue weighted by molar-refractivity contribution is 6.40. The molecule has 2 aromatic rings. The van der Waals surface area contributed by atoms with Crippen LogP contribution in [0.3, 0.4) is 0 Å². The third-order valence-corrected chi connectivity index (χ3v) is 4.12. The molecule has 0 aromatic heterocycles. The van der Waals surface area contributed by atoms with E-state index in [1.54, 1.807) is 48.5 Å². The molecule has 0 saturated heterocycles. The second kappa shape index (κ2) is 4.61. The van der Waals surface area contributed by atoms with Crippen molar-refractivity contribution in [1.82, 2.24) is 0 Å². The third-order valence-electron chi connectivity index (χ3n) is 4.12. The Kier molecular flexibility index (Phi) is 2.69. The Morgan fingerprint density at radius 3 is 1.57 bits per heavy atom. The zero-order valence-electron chi connectivity index (χ0n) is 11.9. The highest BCUT2D eigenvalue weighted by atomic mass is 16.3. The fourth-order valence-electron chi connectivity index (χ4n) is 2.97. The van der Waals surface area contributed by atoms with Crippen molar-refractivity contribution in [1.29, 1.82) is 0 Å². The minimum Gasteiger partial charge on any atom is -0.507 e. The number of rotatable bonds is 1. The van der Waals surface area contributed by atoms with Crippen LogP contribution in [0.25, 0.3) is 5.76 Å². The maximum atomic E-state index is 12.4. The lowest BCUT2D eigenvalue weighted by atomic mass is 10.0. The van der Waals surface area contributed by atoms with E-state index in [1.165, 1.54) is 6.08 Å². The normalized spacial score (nSPS) is 16.0. The van der Waals surface area contributed by atoms with Gasteiger partial charge in [-0.25, -0.2) is 0 Å². The fourth-order valence-corrected chi connectivity index (χ4v) is 2.97. The second-order valence-electron chi connectivity index (χ2n) is 5.40. The first-order valence-corrected chi connectivity index (χ1v) is 7.07. The number of ketones is 3. The molecule has 0 atom stereocenters. The molecule has 23 heavy (non-hydrogen) atoms. The molecule has 110 valence electrons. The van der Waals surface area contributed by atoms with Crippen molar-refractivity contribution in [2.45, 2.75) is 0 Å². The van der Waals surface area contributed by atoms with E-state index in [0.29, 0.717) is 22.3 Å². The number of carbonyl (C=O) groups is 3. The van der Waals surface area contributed by atoms with Gasteiger partial charge < -0.3 is 5.11 Å². The van der Waals surface area contributed by atoms with Gasteiger partial charge in [0.15, 0.2) is 17.3 Å². The fraction of sp³-hybridized carbons (Fsp3) is 0. The van der Waals surface area contributed by atoms with Crippen LogP contribution in [0.5, 0.6) is 0 Å². The van der Waals surface area contributed by atoms with Crippen LogP contribution in [0.4, 0.5) is 0 Å². The summed E-state index contributed by atoms with van der Waals surface area (Å²) in [7, 11) is 0. The van der Waals surface area contributed by atoms with Gasteiger partial charge in [-0.05, 0) is 6.08 Å².